The number of amides is 2. The summed E-state index contributed by atoms with van der Waals surface area (Å²) < 4.78 is 0. The largest absolute Gasteiger partial charge is 0.334 e. The second-order valence-electron chi connectivity index (χ2n) is 4.32. The van der Waals surface area contributed by atoms with Crippen molar-refractivity contribution in [3.8, 4) is 0 Å². The molecule has 0 aromatic heterocycles. The van der Waals surface area contributed by atoms with E-state index in [-0.39, 0.29) is 6.03 Å². The van der Waals surface area contributed by atoms with Crippen molar-refractivity contribution in [3.63, 3.8) is 0 Å². The zero-order valence-corrected chi connectivity index (χ0v) is 9.93. The zero-order valence-electron chi connectivity index (χ0n) is 9.93. The van der Waals surface area contributed by atoms with Gasteiger partial charge in [-0.1, -0.05) is 36.4 Å². The molecular formula is C14H18N2O. The van der Waals surface area contributed by atoms with Gasteiger partial charge in [0.05, 0.1) is 0 Å². The first kappa shape index (κ1) is 11.7. The minimum absolute atomic E-state index is 0.0104. The maximum absolute atomic E-state index is 12.0. The Kier molecular flexibility index (Phi) is 3.81. The summed E-state index contributed by atoms with van der Waals surface area (Å²) in [4.78, 5) is 13.8. The Bertz CT molecular complexity index is 384. The van der Waals surface area contributed by atoms with Crippen LogP contribution in [0.5, 0.6) is 0 Å². The molecule has 0 bridgehead atoms. The van der Waals surface area contributed by atoms with Crippen molar-refractivity contribution in [2.75, 3.05) is 6.54 Å². The van der Waals surface area contributed by atoms with Gasteiger partial charge in [-0.15, -0.1) is 6.58 Å². The Hall–Kier alpha value is -1.77. The van der Waals surface area contributed by atoms with Crippen molar-refractivity contribution in [2.45, 2.75) is 25.4 Å². The highest BCUT2D eigenvalue weighted by atomic mass is 16.2. The summed E-state index contributed by atoms with van der Waals surface area (Å²) in [6.45, 7) is 4.90. The van der Waals surface area contributed by atoms with Crippen LogP contribution in [0.15, 0.2) is 43.0 Å². The number of hydrogen-bond donors (Lipinski definition) is 1. The summed E-state index contributed by atoms with van der Waals surface area (Å²) in [6.07, 6.45) is 4.01. The lowest BCUT2D eigenvalue weighted by Crippen LogP contribution is -2.41. The number of rotatable bonds is 5. The molecular weight excluding hydrogens is 212 g/mol. The average Bonchev–Trinajstić information content (AvgIpc) is 3.18. The molecule has 3 heteroatoms. The van der Waals surface area contributed by atoms with Crippen LogP contribution < -0.4 is 5.32 Å². The van der Waals surface area contributed by atoms with Gasteiger partial charge in [0.1, 0.15) is 0 Å². The van der Waals surface area contributed by atoms with E-state index in [0.29, 0.717) is 19.1 Å². The Morgan fingerprint density at radius 1 is 1.41 bits per heavy atom. The Morgan fingerprint density at radius 2 is 2.12 bits per heavy atom. The summed E-state index contributed by atoms with van der Waals surface area (Å²) in [6, 6.07) is 10.4. The monoisotopic (exact) mass is 230 g/mol. The fraction of sp³-hybridized carbons (Fsp3) is 0.357. The summed E-state index contributed by atoms with van der Waals surface area (Å²) >= 11 is 0. The van der Waals surface area contributed by atoms with Crippen LogP contribution in [0.1, 0.15) is 18.4 Å². The Morgan fingerprint density at radius 3 is 2.71 bits per heavy atom. The molecule has 1 aromatic carbocycles. The number of carbonyl (C=O) groups excluding carboxylic acids is 1. The van der Waals surface area contributed by atoms with Crippen molar-refractivity contribution in [1.82, 2.24) is 10.2 Å². The lowest BCUT2D eigenvalue weighted by Gasteiger charge is -2.21. The Labute approximate surface area is 102 Å². The highest BCUT2D eigenvalue weighted by Gasteiger charge is 2.31. The highest BCUT2D eigenvalue weighted by Crippen LogP contribution is 2.26. The molecule has 17 heavy (non-hydrogen) atoms. The van der Waals surface area contributed by atoms with E-state index >= 15 is 0 Å². The second kappa shape index (κ2) is 5.53. The van der Waals surface area contributed by atoms with E-state index in [4.69, 9.17) is 0 Å². The molecule has 1 aliphatic rings. The van der Waals surface area contributed by atoms with E-state index in [9.17, 15) is 4.79 Å². The van der Waals surface area contributed by atoms with Gasteiger partial charge in [0.25, 0.3) is 0 Å². The molecule has 1 aromatic rings. The molecule has 0 atom stereocenters. The number of benzene rings is 1. The summed E-state index contributed by atoms with van der Waals surface area (Å²) in [7, 11) is 0. The van der Waals surface area contributed by atoms with Gasteiger partial charge in [-0.25, -0.2) is 4.79 Å². The molecule has 0 radical (unpaired) electrons. The SMILES string of the molecule is C=CCN(C(=O)NCc1ccccc1)C1CC1. The molecule has 2 rings (SSSR count). The van der Waals surface area contributed by atoms with E-state index in [0.717, 1.165) is 18.4 Å². The van der Waals surface area contributed by atoms with Crippen LogP contribution in [0, 0.1) is 0 Å². The van der Waals surface area contributed by atoms with Crippen LogP contribution in [0.2, 0.25) is 0 Å². The molecule has 3 nitrogen and oxygen atoms in total. The van der Waals surface area contributed by atoms with Crippen molar-refractivity contribution in [3.05, 3.63) is 48.6 Å². The first-order valence-corrected chi connectivity index (χ1v) is 6.00. The van der Waals surface area contributed by atoms with Crippen LogP contribution in [0.25, 0.3) is 0 Å². The fourth-order valence-electron chi connectivity index (χ4n) is 1.80. The molecule has 1 fully saturated rings. The molecule has 0 aliphatic heterocycles. The van der Waals surface area contributed by atoms with Gasteiger partial charge in [0, 0.05) is 19.1 Å². The summed E-state index contributed by atoms with van der Waals surface area (Å²) in [5.41, 5.74) is 1.12. The second-order valence-corrected chi connectivity index (χ2v) is 4.32. The predicted octanol–water partition coefficient (Wildman–Crippen LogP) is 2.55. The third kappa shape index (κ3) is 3.34. The van der Waals surface area contributed by atoms with E-state index < -0.39 is 0 Å². The Balaban J connectivity index is 1.85. The third-order valence-electron chi connectivity index (χ3n) is 2.86. The molecule has 0 heterocycles. The van der Waals surface area contributed by atoms with Crippen LogP contribution in [-0.2, 0) is 6.54 Å². The third-order valence-corrected chi connectivity index (χ3v) is 2.86. The summed E-state index contributed by atoms with van der Waals surface area (Å²) in [5.74, 6) is 0. The molecule has 1 saturated carbocycles. The normalized spacial score (nSPS) is 14.1. The van der Waals surface area contributed by atoms with E-state index in [1.807, 2.05) is 35.2 Å². The maximum Gasteiger partial charge on any atom is 0.318 e. The molecule has 0 spiro atoms. The van der Waals surface area contributed by atoms with Crippen LogP contribution in [0.4, 0.5) is 4.79 Å². The number of urea groups is 1. The van der Waals surface area contributed by atoms with Crippen molar-refractivity contribution < 1.29 is 4.79 Å². The number of nitrogens with zero attached hydrogens (tertiary/aromatic N) is 1. The summed E-state index contributed by atoms with van der Waals surface area (Å²) in [5, 5.41) is 2.94. The first-order chi connectivity index (χ1) is 8.31. The van der Waals surface area contributed by atoms with E-state index in [1.165, 1.54) is 0 Å². The van der Waals surface area contributed by atoms with Gasteiger partial charge in [0.15, 0.2) is 0 Å². The average molecular weight is 230 g/mol. The van der Waals surface area contributed by atoms with Crippen LogP contribution >= 0.6 is 0 Å². The topological polar surface area (TPSA) is 32.3 Å². The zero-order chi connectivity index (χ0) is 12.1. The van der Waals surface area contributed by atoms with Gasteiger partial charge in [-0.3, -0.25) is 0 Å². The molecule has 90 valence electrons. The molecule has 0 unspecified atom stereocenters. The van der Waals surface area contributed by atoms with E-state index in [2.05, 4.69) is 11.9 Å². The van der Waals surface area contributed by atoms with Crippen molar-refractivity contribution >= 4 is 6.03 Å². The quantitative estimate of drug-likeness (QED) is 0.775. The lowest BCUT2D eigenvalue weighted by molar-refractivity contribution is 0.200. The molecule has 1 N–H and O–H groups in total. The van der Waals surface area contributed by atoms with Gasteiger partial charge >= 0.3 is 6.03 Å². The molecule has 2 amide bonds. The number of nitrogens with one attached hydrogen (secondary N) is 1. The van der Waals surface area contributed by atoms with Gasteiger partial charge in [-0.05, 0) is 18.4 Å². The smallest absolute Gasteiger partial charge is 0.318 e. The van der Waals surface area contributed by atoms with E-state index in [1.54, 1.807) is 6.08 Å². The fourth-order valence-corrected chi connectivity index (χ4v) is 1.80. The predicted molar refractivity (Wildman–Crippen MR) is 68.6 cm³/mol. The number of carbonyl (C=O) groups is 1. The maximum atomic E-state index is 12.0. The van der Waals surface area contributed by atoms with Gasteiger partial charge < -0.3 is 10.2 Å². The van der Waals surface area contributed by atoms with Crippen LogP contribution in [-0.4, -0.2) is 23.5 Å². The lowest BCUT2D eigenvalue weighted by atomic mass is 10.2. The molecule has 1 aliphatic carbocycles. The minimum Gasteiger partial charge on any atom is -0.334 e. The van der Waals surface area contributed by atoms with Gasteiger partial charge in [-0.2, -0.15) is 0 Å². The van der Waals surface area contributed by atoms with Crippen molar-refractivity contribution in [2.24, 2.45) is 0 Å². The van der Waals surface area contributed by atoms with Gasteiger partial charge in [0.2, 0.25) is 0 Å². The minimum atomic E-state index is 0.0104. The standard InChI is InChI=1S/C14H18N2O/c1-2-10-16(13-8-9-13)14(17)15-11-12-6-4-3-5-7-12/h2-7,13H,1,8-11H2,(H,15,17). The van der Waals surface area contributed by atoms with Crippen molar-refractivity contribution in [1.29, 1.82) is 0 Å². The highest BCUT2D eigenvalue weighted by molar-refractivity contribution is 5.75. The first-order valence-electron chi connectivity index (χ1n) is 6.00. The number of hydrogen-bond acceptors (Lipinski definition) is 1. The molecule has 0 saturated heterocycles. The van der Waals surface area contributed by atoms with Crippen LogP contribution in [0.3, 0.4) is 0 Å².